The number of carbonyl (C=O) groups is 3. The predicted octanol–water partition coefficient (Wildman–Crippen LogP) is 2.17. The van der Waals surface area contributed by atoms with E-state index in [-0.39, 0.29) is 24.1 Å². The summed E-state index contributed by atoms with van der Waals surface area (Å²) in [5, 5.41) is 5.80. The topological polar surface area (TPSA) is 81.8 Å². The van der Waals surface area contributed by atoms with Crippen LogP contribution in [0, 0.1) is 0 Å². The van der Waals surface area contributed by atoms with E-state index < -0.39 is 6.04 Å². The van der Waals surface area contributed by atoms with Crippen LogP contribution < -0.4 is 10.6 Å². The first-order valence-corrected chi connectivity index (χ1v) is 11.8. The predicted molar refractivity (Wildman–Crippen MR) is 127 cm³/mol. The zero-order valence-electron chi connectivity index (χ0n) is 19.0. The van der Waals surface area contributed by atoms with Crippen LogP contribution in [0.4, 0.5) is 0 Å². The van der Waals surface area contributed by atoms with Gasteiger partial charge in [0.05, 0.1) is 12.5 Å². The van der Waals surface area contributed by atoms with Gasteiger partial charge in [-0.05, 0) is 29.5 Å². The van der Waals surface area contributed by atoms with Gasteiger partial charge < -0.3 is 15.5 Å². The minimum Gasteiger partial charge on any atom is -0.356 e. The Morgan fingerprint density at radius 2 is 1.76 bits per heavy atom. The van der Waals surface area contributed by atoms with Crippen LogP contribution in [0.25, 0.3) is 11.1 Å². The van der Waals surface area contributed by atoms with Gasteiger partial charge in [0.1, 0.15) is 0 Å². The SMILES string of the molecule is O=C(CC1C(=O)NCCN1Cc1ccc(-c2ccccc2)cc1)NCCCN1CCCC1=O. The van der Waals surface area contributed by atoms with E-state index in [0.717, 1.165) is 30.5 Å². The smallest absolute Gasteiger partial charge is 0.237 e. The molecule has 7 nitrogen and oxygen atoms in total. The lowest BCUT2D eigenvalue weighted by atomic mass is 10.0. The van der Waals surface area contributed by atoms with Gasteiger partial charge in [0, 0.05) is 45.7 Å². The van der Waals surface area contributed by atoms with Gasteiger partial charge in [-0.3, -0.25) is 19.3 Å². The van der Waals surface area contributed by atoms with Gasteiger partial charge in [0.15, 0.2) is 0 Å². The zero-order valence-corrected chi connectivity index (χ0v) is 19.0. The summed E-state index contributed by atoms with van der Waals surface area (Å²) in [5.74, 6) is -0.0261. The van der Waals surface area contributed by atoms with Crippen LogP contribution in [-0.2, 0) is 20.9 Å². The summed E-state index contributed by atoms with van der Waals surface area (Å²) >= 11 is 0. The summed E-state index contributed by atoms with van der Waals surface area (Å²) in [4.78, 5) is 40.7. The van der Waals surface area contributed by atoms with E-state index in [4.69, 9.17) is 0 Å². The fourth-order valence-corrected chi connectivity index (χ4v) is 4.53. The molecule has 7 heteroatoms. The van der Waals surface area contributed by atoms with Gasteiger partial charge in [-0.25, -0.2) is 0 Å². The van der Waals surface area contributed by atoms with Gasteiger partial charge in [-0.2, -0.15) is 0 Å². The van der Waals surface area contributed by atoms with E-state index in [9.17, 15) is 14.4 Å². The number of piperazine rings is 1. The number of carbonyl (C=O) groups excluding carboxylic acids is 3. The molecule has 2 fully saturated rings. The van der Waals surface area contributed by atoms with Crippen LogP contribution in [0.2, 0.25) is 0 Å². The van der Waals surface area contributed by atoms with E-state index >= 15 is 0 Å². The Balaban J connectivity index is 1.28. The molecule has 3 amide bonds. The fourth-order valence-electron chi connectivity index (χ4n) is 4.53. The Morgan fingerprint density at radius 3 is 2.48 bits per heavy atom. The van der Waals surface area contributed by atoms with Gasteiger partial charge in [-0.15, -0.1) is 0 Å². The zero-order chi connectivity index (χ0) is 23.0. The maximum atomic E-state index is 12.5. The highest BCUT2D eigenvalue weighted by Crippen LogP contribution is 2.21. The standard InChI is InChI=1S/C26H32N4O3/c31-24(27-13-5-16-29-15-4-8-25(29)32)18-23-26(33)28-14-17-30(23)19-20-9-11-22(12-10-20)21-6-2-1-3-7-21/h1-3,6-7,9-12,23H,4-5,8,13-19H2,(H,27,31)(H,28,33). The van der Waals surface area contributed by atoms with Crippen LogP contribution in [0.15, 0.2) is 54.6 Å². The van der Waals surface area contributed by atoms with Crippen molar-refractivity contribution in [3.63, 3.8) is 0 Å². The second kappa shape index (κ2) is 11.1. The second-order valence-electron chi connectivity index (χ2n) is 8.73. The van der Waals surface area contributed by atoms with Crippen LogP contribution in [0.5, 0.6) is 0 Å². The number of hydrogen-bond donors (Lipinski definition) is 2. The lowest BCUT2D eigenvalue weighted by Gasteiger charge is -2.34. The minimum atomic E-state index is -0.479. The van der Waals surface area contributed by atoms with Crippen LogP contribution >= 0.6 is 0 Å². The summed E-state index contributed by atoms with van der Waals surface area (Å²) in [6.45, 7) is 3.92. The molecule has 2 aliphatic heterocycles. The van der Waals surface area contributed by atoms with Crippen molar-refractivity contribution in [2.24, 2.45) is 0 Å². The number of hydrogen-bond acceptors (Lipinski definition) is 4. The molecule has 0 bridgehead atoms. The largest absolute Gasteiger partial charge is 0.356 e. The average molecular weight is 449 g/mol. The molecule has 2 saturated heterocycles. The molecule has 2 heterocycles. The average Bonchev–Trinajstić information content (AvgIpc) is 3.24. The Hall–Kier alpha value is -3.19. The molecule has 0 radical (unpaired) electrons. The lowest BCUT2D eigenvalue weighted by Crippen LogP contribution is -2.56. The lowest BCUT2D eigenvalue weighted by molar-refractivity contribution is -0.134. The first-order chi connectivity index (χ1) is 16.1. The maximum Gasteiger partial charge on any atom is 0.237 e. The molecule has 4 rings (SSSR count). The monoisotopic (exact) mass is 448 g/mol. The van der Waals surface area contributed by atoms with Crippen LogP contribution in [-0.4, -0.2) is 66.3 Å². The number of nitrogens with zero attached hydrogens (tertiary/aromatic N) is 2. The van der Waals surface area contributed by atoms with Gasteiger partial charge in [0.2, 0.25) is 17.7 Å². The number of likely N-dealkylation sites (tertiary alicyclic amines) is 1. The molecule has 1 atom stereocenters. The number of rotatable bonds is 9. The van der Waals surface area contributed by atoms with E-state index in [0.29, 0.717) is 39.1 Å². The first-order valence-electron chi connectivity index (χ1n) is 11.8. The Morgan fingerprint density at radius 1 is 1.00 bits per heavy atom. The molecular weight excluding hydrogens is 416 g/mol. The molecule has 0 aromatic heterocycles. The van der Waals surface area contributed by atoms with Crippen molar-refractivity contribution in [1.29, 1.82) is 0 Å². The molecule has 33 heavy (non-hydrogen) atoms. The number of amides is 3. The van der Waals surface area contributed by atoms with Crippen molar-refractivity contribution in [1.82, 2.24) is 20.4 Å². The molecule has 2 aliphatic rings. The van der Waals surface area contributed by atoms with Crippen LogP contribution in [0.3, 0.4) is 0 Å². The fraction of sp³-hybridized carbons (Fsp3) is 0.423. The number of nitrogens with one attached hydrogen (secondary N) is 2. The van der Waals surface area contributed by atoms with Crippen molar-refractivity contribution in [2.75, 3.05) is 32.7 Å². The Kier molecular flexibility index (Phi) is 7.73. The third-order valence-electron chi connectivity index (χ3n) is 6.37. The van der Waals surface area contributed by atoms with Gasteiger partial charge in [-0.1, -0.05) is 54.6 Å². The van der Waals surface area contributed by atoms with Gasteiger partial charge >= 0.3 is 0 Å². The summed E-state index contributed by atoms with van der Waals surface area (Å²) < 4.78 is 0. The van der Waals surface area contributed by atoms with E-state index in [1.54, 1.807) is 0 Å². The highest BCUT2D eigenvalue weighted by Gasteiger charge is 2.31. The van der Waals surface area contributed by atoms with Crippen molar-refractivity contribution < 1.29 is 14.4 Å². The Labute approximate surface area is 195 Å². The molecule has 174 valence electrons. The second-order valence-corrected chi connectivity index (χ2v) is 8.73. The van der Waals surface area contributed by atoms with E-state index in [2.05, 4.69) is 51.9 Å². The normalized spacial score (nSPS) is 18.9. The molecule has 1 unspecified atom stereocenters. The summed E-state index contributed by atoms with van der Waals surface area (Å²) in [6.07, 6.45) is 2.42. The van der Waals surface area contributed by atoms with Crippen LogP contribution in [0.1, 0.15) is 31.2 Å². The quantitative estimate of drug-likeness (QED) is 0.576. The summed E-state index contributed by atoms with van der Waals surface area (Å²) in [6, 6.07) is 18.1. The first kappa shape index (κ1) is 23.0. The third kappa shape index (κ3) is 6.20. The maximum absolute atomic E-state index is 12.5. The third-order valence-corrected chi connectivity index (χ3v) is 6.37. The minimum absolute atomic E-state index is 0.0973. The van der Waals surface area contributed by atoms with Crippen molar-refractivity contribution >= 4 is 17.7 Å². The highest BCUT2D eigenvalue weighted by atomic mass is 16.2. The summed E-state index contributed by atoms with van der Waals surface area (Å²) in [7, 11) is 0. The molecule has 0 aliphatic carbocycles. The van der Waals surface area contributed by atoms with E-state index in [1.807, 2.05) is 23.1 Å². The Bertz CT molecular complexity index is 961. The van der Waals surface area contributed by atoms with Crippen molar-refractivity contribution in [3.05, 3.63) is 60.2 Å². The molecule has 2 aromatic rings. The van der Waals surface area contributed by atoms with Crippen molar-refractivity contribution in [3.8, 4) is 11.1 Å². The number of benzene rings is 2. The molecule has 2 N–H and O–H groups in total. The van der Waals surface area contributed by atoms with Gasteiger partial charge in [0.25, 0.3) is 0 Å². The molecule has 0 saturated carbocycles. The van der Waals surface area contributed by atoms with Crippen molar-refractivity contribution in [2.45, 2.75) is 38.3 Å². The molecular formula is C26H32N4O3. The molecule has 0 spiro atoms. The summed E-state index contributed by atoms with van der Waals surface area (Å²) in [5.41, 5.74) is 3.44. The highest BCUT2D eigenvalue weighted by molar-refractivity contribution is 5.88. The van der Waals surface area contributed by atoms with E-state index in [1.165, 1.54) is 5.56 Å². The molecule has 2 aromatic carbocycles.